The SMILES string of the molecule is O=C(O)CNc1nc(Nc2ccccc2F)cc(-c2ccncc2)n1. The summed E-state index contributed by atoms with van der Waals surface area (Å²) in [4.78, 5) is 23.2. The molecule has 0 aliphatic rings. The van der Waals surface area contributed by atoms with Gasteiger partial charge in [-0.25, -0.2) is 9.37 Å². The van der Waals surface area contributed by atoms with E-state index in [1.165, 1.54) is 6.07 Å². The molecule has 3 aromatic rings. The summed E-state index contributed by atoms with van der Waals surface area (Å²) < 4.78 is 13.8. The summed E-state index contributed by atoms with van der Waals surface area (Å²) in [5, 5.41) is 14.3. The molecule has 126 valence electrons. The zero-order valence-electron chi connectivity index (χ0n) is 13.0. The summed E-state index contributed by atoms with van der Waals surface area (Å²) in [5.41, 5.74) is 1.57. The van der Waals surface area contributed by atoms with Gasteiger partial charge in [0.05, 0.1) is 11.4 Å². The van der Waals surface area contributed by atoms with Gasteiger partial charge in [0.1, 0.15) is 18.2 Å². The molecule has 1 aromatic carbocycles. The fourth-order valence-electron chi connectivity index (χ4n) is 2.12. The van der Waals surface area contributed by atoms with E-state index < -0.39 is 11.8 Å². The van der Waals surface area contributed by atoms with Gasteiger partial charge in [-0.15, -0.1) is 0 Å². The lowest BCUT2D eigenvalue weighted by molar-refractivity contribution is -0.134. The van der Waals surface area contributed by atoms with E-state index in [9.17, 15) is 9.18 Å². The largest absolute Gasteiger partial charge is 0.480 e. The van der Waals surface area contributed by atoms with Crippen LogP contribution in [0.15, 0.2) is 54.9 Å². The number of benzene rings is 1. The minimum atomic E-state index is -1.04. The highest BCUT2D eigenvalue weighted by molar-refractivity contribution is 5.73. The zero-order chi connectivity index (χ0) is 17.6. The normalized spacial score (nSPS) is 10.3. The van der Waals surface area contributed by atoms with Crippen molar-refractivity contribution in [2.24, 2.45) is 0 Å². The molecule has 0 bridgehead atoms. The van der Waals surface area contributed by atoms with E-state index in [0.717, 1.165) is 5.56 Å². The molecule has 3 rings (SSSR count). The quantitative estimate of drug-likeness (QED) is 0.635. The van der Waals surface area contributed by atoms with E-state index in [1.54, 1.807) is 48.8 Å². The van der Waals surface area contributed by atoms with Gasteiger partial charge in [0.25, 0.3) is 0 Å². The Kier molecular flexibility index (Phi) is 4.79. The predicted octanol–water partition coefficient (Wildman–Crippen LogP) is 2.92. The number of hydrogen-bond donors (Lipinski definition) is 3. The fourth-order valence-corrected chi connectivity index (χ4v) is 2.12. The first kappa shape index (κ1) is 16.3. The number of nitrogens with zero attached hydrogens (tertiary/aromatic N) is 3. The molecule has 0 aliphatic carbocycles. The van der Waals surface area contributed by atoms with Crippen LogP contribution in [0, 0.1) is 5.82 Å². The Hall–Kier alpha value is -3.55. The second kappa shape index (κ2) is 7.35. The Morgan fingerprint density at radius 1 is 1.12 bits per heavy atom. The monoisotopic (exact) mass is 339 g/mol. The van der Waals surface area contributed by atoms with Crippen LogP contribution in [0.3, 0.4) is 0 Å². The van der Waals surface area contributed by atoms with Gasteiger partial charge in [-0.2, -0.15) is 4.98 Å². The molecule has 0 aliphatic heterocycles. The number of carbonyl (C=O) groups is 1. The molecule has 0 atom stereocenters. The van der Waals surface area contributed by atoms with Crippen molar-refractivity contribution >= 4 is 23.4 Å². The minimum Gasteiger partial charge on any atom is -0.480 e. The Balaban J connectivity index is 1.97. The molecule has 0 fully saturated rings. The van der Waals surface area contributed by atoms with Crippen molar-refractivity contribution in [3.05, 3.63) is 60.7 Å². The standard InChI is InChI=1S/C17H14FN5O2/c18-12-3-1-2-4-13(12)21-15-9-14(11-5-7-19-8-6-11)22-17(23-15)20-10-16(24)25/h1-9H,10H2,(H,24,25)(H2,20,21,22,23). The van der Waals surface area contributed by atoms with E-state index in [0.29, 0.717) is 11.5 Å². The van der Waals surface area contributed by atoms with Gasteiger partial charge in [-0.3, -0.25) is 9.78 Å². The number of carboxylic acid groups (broad SMARTS) is 1. The highest BCUT2D eigenvalue weighted by Crippen LogP contribution is 2.24. The fraction of sp³-hybridized carbons (Fsp3) is 0.0588. The van der Waals surface area contributed by atoms with Gasteiger partial charge in [0.2, 0.25) is 5.95 Å². The van der Waals surface area contributed by atoms with Crippen LogP contribution in [-0.2, 0) is 4.79 Å². The molecule has 0 saturated heterocycles. The number of rotatable bonds is 6. The molecule has 0 unspecified atom stereocenters. The Morgan fingerprint density at radius 2 is 1.88 bits per heavy atom. The summed E-state index contributed by atoms with van der Waals surface area (Å²) in [6, 6.07) is 11.4. The van der Waals surface area contributed by atoms with Crippen LogP contribution in [0.25, 0.3) is 11.3 Å². The number of halogens is 1. The average molecular weight is 339 g/mol. The van der Waals surface area contributed by atoms with Crippen LogP contribution in [0.5, 0.6) is 0 Å². The molecular formula is C17H14FN5O2. The number of anilines is 3. The molecule has 2 aromatic heterocycles. The molecule has 0 saturated carbocycles. The molecular weight excluding hydrogens is 325 g/mol. The Morgan fingerprint density at radius 3 is 2.60 bits per heavy atom. The van der Waals surface area contributed by atoms with Crippen LogP contribution in [0.4, 0.5) is 21.8 Å². The number of pyridine rings is 1. The summed E-state index contributed by atoms with van der Waals surface area (Å²) >= 11 is 0. The number of para-hydroxylation sites is 1. The molecule has 0 spiro atoms. The van der Waals surface area contributed by atoms with Gasteiger partial charge in [-0.05, 0) is 24.3 Å². The third-order valence-corrected chi connectivity index (χ3v) is 3.24. The van der Waals surface area contributed by atoms with Gasteiger partial charge in [-0.1, -0.05) is 12.1 Å². The number of aliphatic carboxylic acids is 1. The van der Waals surface area contributed by atoms with Gasteiger partial charge in [0, 0.05) is 24.0 Å². The first-order valence-corrected chi connectivity index (χ1v) is 7.38. The number of nitrogens with one attached hydrogen (secondary N) is 2. The molecule has 8 heteroatoms. The van der Waals surface area contributed by atoms with Crippen molar-refractivity contribution in [2.45, 2.75) is 0 Å². The van der Waals surface area contributed by atoms with Crippen molar-refractivity contribution < 1.29 is 14.3 Å². The Bertz CT molecular complexity index is 889. The second-order valence-electron chi connectivity index (χ2n) is 5.05. The van der Waals surface area contributed by atoms with Crippen molar-refractivity contribution in [1.29, 1.82) is 0 Å². The maximum atomic E-state index is 13.8. The van der Waals surface area contributed by atoms with Crippen LogP contribution in [0.1, 0.15) is 0 Å². The topological polar surface area (TPSA) is 100 Å². The maximum absolute atomic E-state index is 13.8. The van der Waals surface area contributed by atoms with E-state index >= 15 is 0 Å². The maximum Gasteiger partial charge on any atom is 0.322 e. The summed E-state index contributed by atoms with van der Waals surface area (Å²) in [5.74, 6) is -1.01. The molecule has 0 radical (unpaired) electrons. The van der Waals surface area contributed by atoms with Crippen LogP contribution < -0.4 is 10.6 Å². The minimum absolute atomic E-state index is 0.121. The lowest BCUT2D eigenvalue weighted by atomic mass is 10.2. The third kappa shape index (κ3) is 4.25. The average Bonchev–Trinajstić information content (AvgIpc) is 2.62. The van der Waals surface area contributed by atoms with Crippen molar-refractivity contribution in [3.63, 3.8) is 0 Å². The first-order valence-electron chi connectivity index (χ1n) is 7.38. The van der Waals surface area contributed by atoms with Crippen molar-refractivity contribution in [2.75, 3.05) is 17.2 Å². The van der Waals surface area contributed by atoms with Crippen LogP contribution in [0.2, 0.25) is 0 Å². The molecule has 0 amide bonds. The van der Waals surface area contributed by atoms with E-state index in [1.807, 2.05) is 0 Å². The highest BCUT2D eigenvalue weighted by atomic mass is 19.1. The number of carboxylic acids is 1. The highest BCUT2D eigenvalue weighted by Gasteiger charge is 2.09. The van der Waals surface area contributed by atoms with Crippen LogP contribution >= 0.6 is 0 Å². The van der Waals surface area contributed by atoms with Gasteiger partial charge >= 0.3 is 5.97 Å². The van der Waals surface area contributed by atoms with E-state index in [-0.39, 0.29) is 18.2 Å². The number of hydrogen-bond acceptors (Lipinski definition) is 6. The first-order chi connectivity index (χ1) is 12.1. The molecule has 3 N–H and O–H groups in total. The lowest BCUT2D eigenvalue weighted by Gasteiger charge is -2.11. The Labute approximate surface area is 142 Å². The second-order valence-corrected chi connectivity index (χ2v) is 5.05. The molecule has 25 heavy (non-hydrogen) atoms. The lowest BCUT2D eigenvalue weighted by Crippen LogP contribution is -2.15. The third-order valence-electron chi connectivity index (χ3n) is 3.24. The molecule has 7 nitrogen and oxygen atoms in total. The van der Waals surface area contributed by atoms with E-state index in [2.05, 4.69) is 25.6 Å². The smallest absolute Gasteiger partial charge is 0.322 e. The zero-order valence-corrected chi connectivity index (χ0v) is 13.0. The van der Waals surface area contributed by atoms with E-state index in [4.69, 9.17) is 5.11 Å². The summed E-state index contributed by atoms with van der Waals surface area (Å²) in [7, 11) is 0. The van der Waals surface area contributed by atoms with Crippen LogP contribution in [-0.4, -0.2) is 32.6 Å². The number of aromatic nitrogens is 3. The summed E-state index contributed by atoms with van der Waals surface area (Å²) in [6.07, 6.45) is 3.23. The van der Waals surface area contributed by atoms with Gasteiger partial charge < -0.3 is 15.7 Å². The molecule has 2 heterocycles. The summed E-state index contributed by atoms with van der Waals surface area (Å²) in [6.45, 7) is -0.334. The van der Waals surface area contributed by atoms with Crippen molar-refractivity contribution in [1.82, 2.24) is 15.0 Å². The van der Waals surface area contributed by atoms with Crippen molar-refractivity contribution in [3.8, 4) is 11.3 Å². The van der Waals surface area contributed by atoms with Gasteiger partial charge in [0.15, 0.2) is 0 Å². The predicted molar refractivity (Wildman–Crippen MR) is 91.1 cm³/mol.